The average Bonchev–Trinajstić information content (AvgIpc) is 3.53. The molecule has 0 saturated carbocycles. The Bertz CT molecular complexity index is 1790. The molecule has 43 heavy (non-hydrogen) atoms. The summed E-state index contributed by atoms with van der Waals surface area (Å²) in [5.74, 6) is -6.76. The van der Waals surface area contributed by atoms with Gasteiger partial charge in [-0.3, -0.25) is 23.8 Å². The number of ketones is 2. The predicted octanol–water partition coefficient (Wildman–Crippen LogP) is 6.67. The van der Waals surface area contributed by atoms with Gasteiger partial charge in [0.1, 0.15) is 5.75 Å². The van der Waals surface area contributed by atoms with Crippen molar-refractivity contribution in [3.63, 3.8) is 0 Å². The molecule has 0 N–H and O–H groups in total. The number of methoxy groups -OCH3 is 1. The van der Waals surface area contributed by atoms with Crippen LogP contribution in [0.25, 0.3) is 0 Å². The molecule has 4 atom stereocenters. The monoisotopic (exact) mass is 768 g/mol. The molecular weight excluding hydrogens is 752 g/mol. The number of esters is 1. The highest BCUT2D eigenvalue weighted by molar-refractivity contribution is 9.11. The predicted molar refractivity (Wildman–Crippen MR) is 162 cm³/mol. The van der Waals surface area contributed by atoms with Crippen LogP contribution in [-0.2, 0) is 45.9 Å². The quantitative estimate of drug-likeness (QED) is 0.117. The van der Waals surface area contributed by atoms with E-state index in [9.17, 15) is 14.4 Å². The summed E-state index contributed by atoms with van der Waals surface area (Å²) >= 11 is 10.3. The van der Waals surface area contributed by atoms with Gasteiger partial charge in [-0.25, -0.2) is 4.79 Å². The van der Waals surface area contributed by atoms with Crippen LogP contribution in [0, 0.1) is 0 Å². The Morgan fingerprint density at radius 2 is 1.16 bits per heavy atom. The summed E-state index contributed by atoms with van der Waals surface area (Å²) in [5, 5.41) is 0. The van der Waals surface area contributed by atoms with Gasteiger partial charge in [0, 0.05) is 30.1 Å². The Morgan fingerprint density at radius 3 is 1.70 bits per heavy atom. The molecule has 2 bridgehead atoms. The van der Waals surface area contributed by atoms with Crippen LogP contribution >= 0.6 is 47.8 Å². The number of rotatable bonds is 7. The van der Waals surface area contributed by atoms with Crippen molar-refractivity contribution in [1.82, 2.24) is 0 Å². The normalized spacial score (nSPS) is 28.5. The maximum absolute atomic E-state index is 14.9. The molecule has 0 spiro atoms. The van der Waals surface area contributed by atoms with Gasteiger partial charge in [0.05, 0.1) is 7.11 Å². The Morgan fingerprint density at radius 1 is 0.651 bits per heavy atom. The zero-order chi connectivity index (χ0) is 30.2. The number of hydrogen-bond donors (Lipinski definition) is 0. The van der Waals surface area contributed by atoms with Crippen LogP contribution in [0.3, 0.4) is 0 Å². The summed E-state index contributed by atoms with van der Waals surface area (Å²) in [6.45, 7) is 0. The van der Waals surface area contributed by atoms with Crippen LogP contribution in [0.5, 0.6) is 5.75 Å². The van der Waals surface area contributed by atoms with Gasteiger partial charge in [-0.05, 0) is 78.4 Å². The van der Waals surface area contributed by atoms with Gasteiger partial charge in [0.2, 0.25) is 17.2 Å². The minimum Gasteiger partial charge on any atom is -0.497 e. The molecule has 0 radical (unpaired) electrons. The molecule has 4 aromatic carbocycles. The number of hydrogen-bond acceptors (Lipinski definition) is 8. The van der Waals surface area contributed by atoms with Gasteiger partial charge in [-0.2, -0.15) is 0 Å². The van der Waals surface area contributed by atoms with Crippen LogP contribution in [0.15, 0.2) is 110 Å². The lowest BCUT2D eigenvalue weighted by Gasteiger charge is -2.41. The Kier molecular flexibility index (Phi) is 6.59. The van der Waals surface area contributed by atoms with Crippen molar-refractivity contribution < 1.29 is 38.1 Å². The summed E-state index contributed by atoms with van der Waals surface area (Å²) in [6.07, 6.45) is 0. The van der Waals surface area contributed by atoms with Gasteiger partial charge in [0.25, 0.3) is 11.4 Å². The van der Waals surface area contributed by atoms with Crippen LogP contribution in [-0.4, -0.2) is 30.2 Å². The fourth-order valence-electron chi connectivity index (χ4n) is 5.92. The van der Waals surface area contributed by atoms with E-state index >= 15 is 0 Å². The van der Waals surface area contributed by atoms with E-state index in [1.54, 1.807) is 84.9 Å². The molecule has 11 heteroatoms. The zero-order valence-electron chi connectivity index (χ0n) is 22.1. The number of Topliss-reactive ketones (excluding diaryl/α,β-unsaturated/α-hetero) is 2. The first-order valence-electron chi connectivity index (χ1n) is 13.0. The third-order valence-corrected chi connectivity index (χ3v) is 9.47. The molecule has 216 valence electrons. The highest BCUT2D eigenvalue weighted by Gasteiger charge is 2.95. The van der Waals surface area contributed by atoms with Crippen LogP contribution < -0.4 is 4.74 Å². The smallest absolute Gasteiger partial charge is 0.350 e. The third kappa shape index (κ3) is 3.79. The van der Waals surface area contributed by atoms with Crippen LogP contribution in [0.2, 0.25) is 0 Å². The van der Waals surface area contributed by atoms with Gasteiger partial charge in [-0.15, -0.1) is 0 Å². The summed E-state index contributed by atoms with van der Waals surface area (Å²) in [7, 11) is 1.49. The largest absolute Gasteiger partial charge is 0.497 e. The molecule has 3 heterocycles. The lowest BCUT2D eigenvalue weighted by Crippen LogP contribution is -2.65. The molecule has 3 aliphatic heterocycles. The number of benzene rings is 4. The number of halogens is 3. The SMILES string of the molecule is COc1ccc(C(=O)C(=O)[C@@]23O[C@@]4(c5ccc(Br)cc5)O[C@]2(c2ccc(Br)cc2)OC(=O)[C@@]3(c2ccc(Br)cc2)O4)cc1. The van der Waals surface area contributed by atoms with E-state index in [0.29, 0.717) is 11.3 Å². The minimum absolute atomic E-state index is 0.0561. The molecule has 0 aromatic heterocycles. The highest BCUT2D eigenvalue weighted by atomic mass is 79.9. The number of carbonyl (C=O) groups excluding carboxylic acids is 3. The van der Waals surface area contributed by atoms with Gasteiger partial charge in [-0.1, -0.05) is 72.1 Å². The Balaban J connectivity index is 1.53. The molecule has 3 aliphatic rings. The van der Waals surface area contributed by atoms with E-state index < -0.39 is 40.5 Å². The molecule has 8 nitrogen and oxygen atoms in total. The van der Waals surface area contributed by atoms with Crippen molar-refractivity contribution in [2.24, 2.45) is 0 Å². The Labute approximate surface area is 270 Å². The van der Waals surface area contributed by atoms with E-state index in [-0.39, 0.29) is 16.7 Å². The third-order valence-electron chi connectivity index (χ3n) is 7.89. The molecule has 0 aliphatic carbocycles. The number of ether oxygens (including phenoxy) is 5. The van der Waals surface area contributed by atoms with E-state index in [2.05, 4.69) is 47.8 Å². The second-order valence-electron chi connectivity index (χ2n) is 10.1. The summed E-state index contributed by atoms with van der Waals surface area (Å²) in [5.41, 5.74) is -3.74. The number of fused-ring (bicyclic) bond motifs is 1. The lowest BCUT2D eigenvalue weighted by atomic mass is 9.69. The first kappa shape index (κ1) is 28.6. The fraction of sp³-hybridized carbons (Fsp3) is 0.156. The second kappa shape index (κ2) is 9.91. The molecular formula is C32H19Br3O8. The van der Waals surface area contributed by atoms with Gasteiger partial charge < -0.3 is 9.47 Å². The maximum atomic E-state index is 14.9. The Hall–Kier alpha value is -3.19. The molecule has 0 amide bonds. The van der Waals surface area contributed by atoms with E-state index in [1.165, 1.54) is 19.2 Å². The average molecular weight is 771 g/mol. The van der Waals surface area contributed by atoms with Crippen molar-refractivity contribution in [1.29, 1.82) is 0 Å². The topological polar surface area (TPSA) is 97.4 Å². The van der Waals surface area contributed by atoms with Crippen LogP contribution in [0.4, 0.5) is 0 Å². The lowest BCUT2D eigenvalue weighted by molar-refractivity contribution is -0.379. The molecule has 3 saturated heterocycles. The van der Waals surface area contributed by atoms with E-state index in [0.717, 1.165) is 13.4 Å². The molecule has 3 fully saturated rings. The minimum atomic E-state index is -2.44. The van der Waals surface area contributed by atoms with Gasteiger partial charge >= 0.3 is 11.9 Å². The first-order valence-corrected chi connectivity index (χ1v) is 15.3. The van der Waals surface area contributed by atoms with Crippen molar-refractivity contribution in [2.75, 3.05) is 7.11 Å². The fourth-order valence-corrected chi connectivity index (χ4v) is 6.72. The van der Waals surface area contributed by atoms with Crippen molar-refractivity contribution in [2.45, 2.75) is 23.0 Å². The zero-order valence-corrected chi connectivity index (χ0v) is 26.9. The van der Waals surface area contributed by atoms with Gasteiger partial charge in [0.15, 0.2) is 0 Å². The first-order chi connectivity index (χ1) is 20.6. The van der Waals surface area contributed by atoms with Crippen molar-refractivity contribution in [3.8, 4) is 5.75 Å². The van der Waals surface area contributed by atoms with E-state index in [1.807, 2.05) is 0 Å². The summed E-state index contributed by atoms with van der Waals surface area (Å²) < 4.78 is 33.3. The van der Waals surface area contributed by atoms with Crippen molar-refractivity contribution >= 4 is 65.3 Å². The van der Waals surface area contributed by atoms with Crippen molar-refractivity contribution in [3.05, 3.63) is 133 Å². The number of carbonyl (C=O) groups is 3. The van der Waals surface area contributed by atoms with Crippen LogP contribution in [0.1, 0.15) is 27.0 Å². The molecule has 4 aromatic rings. The molecule has 7 rings (SSSR count). The standard InChI is InChI=1S/C32H19Br3O8/c1-39-25-16-2-18(3-17-25)26(36)27(37)30-29(19-4-10-22(33)11-5-19)28(38)40-31(30,20-6-12-23(34)13-7-20)43-32(41-29,42-30)21-8-14-24(35)15-9-21/h2-17H,1H3/t29-,30+,31+,32+/m1/s1. The highest BCUT2D eigenvalue weighted by Crippen LogP contribution is 2.74. The summed E-state index contributed by atoms with van der Waals surface area (Å²) in [4.78, 5) is 43.3. The van der Waals surface area contributed by atoms with E-state index in [4.69, 9.17) is 23.7 Å². The maximum Gasteiger partial charge on any atom is 0.350 e. The molecule has 0 unspecified atom stereocenters. The second-order valence-corrected chi connectivity index (χ2v) is 12.9. The summed E-state index contributed by atoms with van der Waals surface area (Å²) in [6, 6.07) is 26.2.